The lowest BCUT2D eigenvalue weighted by Gasteiger charge is -2.37. The first-order valence-electron chi connectivity index (χ1n) is 11.3. The van der Waals surface area contributed by atoms with E-state index in [1.54, 1.807) is 21.3 Å². The number of rotatable bonds is 6. The van der Waals surface area contributed by atoms with Gasteiger partial charge in [0.25, 0.3) is 0 Å². The van der Waals surface area contributed by atoms with E-state index in [1.807, 2.05) is 48.5 Å². The summed E-state index contributed by atoms with van der Waals surface area (Å²) in [6, 6.07) is 22.1. The fourth-order valence-electron chi connectivity index (χ4n) is 4.46. The Morgan fingerprint density at radius 2 is 1.32 bits per heavy atom. The molecule has 34 heavy (non-hydrogen) atoms. The van der Waals surface area contributed by atoms with Crippen LogP contribution in [-0.2, 0) is 0 Å². The van der Waals surface area contributed by atoms with Gasteiger partial charge in [-0.3, -0.25) is 0 Å². The van der Waals surface area contributed by atoms with Crippen molar-refractivity contribution in [1.82, 2.24) is 9.97 Å². The summed E-state index contributed by atoms with van der Waals surface area (Å²) in [6.45, 7) is 3.46. The normalized spacial score (nSPS) is 13.7. The summed E-state index contributed by atoms with van der Waals surface area (Å²) >= 11 is 0. The molecule has 174 valence electrons. The molecule has 0 spiro atoms. The van der Waals surface area contributed by atoms with Gasteiger partial charge in [0.15, 0.2) is 17.3 Å². The molecule has 3 aromatic carbocycles. The minimum Gasteiger partial charge on any atom is -0.495 e. The van der Waals surface area contributed by atoms with Crippen molar-refractivity contribution in [1.29, 1.82) is 0 Å². The van der Waals surface area contributed by atoms with Crippen LogP contribution in [0, 0.1) is 0 Å². The molecular formula is C27H28N4O3. The van der Waals surface area contributed by atoms with Crippen LogP contribution in [0.25, 0.3) is 22.3 Å². The van der Waals surface area contributed by atoms with E-state index in [-0.39, 0.29) is 0 Å². The molecule has 1 aliphatic rings. The fourth-order valence-corrected chi connectivity index (χ4v) is 4.46. The first-order chi connectivity index (χ1) is 16.7. The Bertz CT molecular complexity index is 1300. The van der Waals surface area contributed by atoms with E-state index in [4.69, 9.17) is 24.2 Å². The maximum atomic E-state index is 5.57. The Hall–Kier alpha value is -4.00. The molecular weight excluding hydrogens is 428 g/mol. The molecule has 0 atom stereocenters. The summed E-state index contributed by atoms with van der Waals surface area (Å²) < 4.78 is 16.5. The van der Waals surface area contributed by atoms with Gasteiger partial charge in [-0.05, 0) is 42.5 Å². The summed E-state index contributed by atoms with van der Waals surface area (Å²) in [4.78, 5) is 14.6. The van der Waals surface area contributed by atoms with Crippen molar-refractivity contribution in [2.45, 2.75) is 0 Å². The molecule has 4 aromatic rings. The molecule has 0 saturated carbocycles. The molecule has 1 aromatic heterocycles. The second-order valence-corrected chi connectivity index (χ2v) is 8.10. The largest absolute Gasteiger partial charge is 0.495 e. The average Bonchev–Trinajstić information content (AvgIpc) is 2.92. The monoisotopic (exact) mass is 456 g/mol. The molecule has 0 unspecified atom stereocenters. The van der Waals surface area contributed by atoms with Crippen LogP contribution >= 0.6 is 0 Å². The van der Waals surface area contributed by atoms with Crippen LogP contribution in [0.3, 0.4) is 0 Å². The van der Waals surface area contributed by atoms with Crippen molar-refractivity contribution in [3.8, 4) is 28.6 Å². The maximum Gasteiger partial charge on any atom is 0.162 e. The number of fused-ring (bicyclic) bond motifs is 1. The number of hydrogen-bond acceptors (Lipinski definition) is 7. The number of methoxy groups -OCH3 is 3. The maximum absolute atomic E-state index is 5.57. The van der Waals surface area contributed by atoms with Crippen LogP contribution < -0.4 is 24.0 Å². The lowest BCUT2D eigenvalue weighted by Crippen LogP contribution is -2.47. The third-order valence-corrected chi connectivity index (χ3v) is 6.23. The highest BCUT2D eigenvalue weighted by molar-refractivity contribution is 5.91. The van der Waals surface area contributed by atoms with Gasteiger partial charge >= 0.3 is 0 Å². The zero-order chi connectivity index (χ0) is 23.5. The number of ether oxygens (including phenoxy) is 3. The molecule has 7 heteroatoms. The quantitative estimate of drug-likeness (QED) is 0.419. The highest BCUT2D eigenvalue weighted by atomic mass is 16.5. The number of anilines is 2. The fraction of sp³-hybridized carbons (Fsp3) is 0.259. The molecule has 2 heterocycles. The Morgan fingerprint density at radius 3 is 2.09 bits per heavy atom. The van der Waals surface area contributed by atoms with E-state index >= 15 is 0 Å². The van der Waals surface area contributed by atoms with Crippen LogP contribution in [0.15, 0.2) is 66.7 Å². The highest BCUT2D eigenvalue weighted by Crippen LogP contribution is 2.34. The highest BCUT2D eigenvalue weighted by Gasteiger charge is 2.23. The number of aromatic nitrogens is 2. The van der Waals surface area contributed by atoms with Gasteiger partial charge in [0.1, 0.15) is 11.6 Å². The van der Waals surface area contributed by atoms with E-state index in [2.05, 4.69) is 28.0 Å². The third kappa shape index (κ3) is 4.05. The summed E-state index contributed by atoms with van der Waals surface area (Å²) in [6.07, 6.45) is 0. The Labute approximate surface area is 199 Å². The van der Waals surface area contributed by atoms with Crippen LogP contribution in [0.2, 0.25) is 0 Å². The van der Waals surface area contributed by atoms with E-state index in [0.29, 0.717) is 17.3 Å². The molecule has 5 rings (SSSR count). The van der Waals surface area contributed by atoms with Crippen LogP contribution in [0.1, 0.15) is 0 Å². The summed E-state index contributed by atoms with van der Waals surface area (Å²) in [5, 5.41) is 1.05. The van der Waals surface area contributed by atoms with Gasteiger partial charge in [0.2, 0.25) is 0 Å². The van der Waals surface area contributed by atoms with Gasteiger partial charge in [-0.15, -0.1) is 0 Å². The summed E-state index contributed by atoms with van der Waals surface area (Å²) in [5.41, 5.74) is 2.94. The second-order valence-electron chi connectivity index (χ2n) is 8.10. The van der Waals surface area contributed by atoms with Crippen molar-refractivity contribution in [3.05, 3.63) is 66.7 Å². The molecule has 0 aliphatic carbocycles. The number of benzene rings is 3. The molecule has 0 N–H and O–H groups in total. The number of para-hydroxylation sites is 3. The predicted octanol–water partition coefficient (Wildman–Crippen LogP) is 4.65. The minimum absolute atomic E-state index is 0.656. The molecule has 1 saturated heterocycles. The zero-order valence-corrected chi connectivity index (χ0v) is 19.7. The van der Waals surface area contributed by atoms with Gasteiger partial charge < -0.3 is 24.0 Å². The standard InChI is InChI=1S/C27H28N4O3/c1-32-23-11-7-6-10-22(23)30-14-16-31(17-15-30)27-20-8-4-5-9-21(20)28-26(29-27)19-12-13-24(33-2)25(18-19)34-3/h4-13,18H,14-17H2,1-3H3. The number of piperazine rings is 1. The first kappa shape index (κ1) is 21.8. The number of hydrogen-bond donors (Lipinski definition) is 0. The molecule has 1 fully saturated rings. The SMILES string of the molecule is COc1ccc(-c2nc(N3CCN(c4ccccc4OC)CC3)c3ccccc3n2)cc1OC. The van der Waals surface area contributed by atoms with Crippen molar-refractivity contribution in [3.63, 3.8) is 0 Å². The van der Waals surface area contributed by atoms with Gasteiger partial charge in [0.05, 0.1) is 32.5 Å². The van der Waals surface area contributed by atoms with Crippen LogP contribution in [-0.4, -0.2) is 57.5 Å². The van der Waals surface area contributed by atoms with Crippen molar-refractivity contribution >= 4 is 22.4 Å². The summed E-state index contributed by atoms with van der Waals surface area (Å²) in [7, 11) is 4.99. The Kier molecular flexibility index (Phi) is 6.08. The van der Waals surface area contributed by atoms with Crippen molar-refractivity contribution in [2.24, 2.45) is 0 Å². The second kappa shape index (κ2) is 9.47. The predicted molar refractivity (Wildman–Crippen MR) is 135 cm³/mol. The first-order valence-corrected chi connectivity index (χ1v) is 11.3. The Balaban J connectivity index is 1.48. The van der Waals surface area contributed by atoms with E-state index < -0.39 is 0 Å². The third-order valence-electron chi connectivity index (χ3n) is 6.23. The van der Waals surface area contributed by atoms with E-state index in [1.165, 1.54) is 0 Å². The molecule has 1 aliphatic heterocycles. The van der Waals surface area contributed by atoms with Crippen molar-refractivity contribution < 1.29 is 14.2 Å². The van der Waals surface area contributed by atoms with Gasteiger partial charge in [-0.1, -0.05) is 24.3 Å². The molecule has 7 nitrogen and oxygen atoms in total. The number of nitrogens with zero attached hydrogens (tertiary/aromatic N) is 4. The van der Waals surface area contributed by atoms with Gasteiger partial charge in [-0.2, -0.15) is 0 Å². The Morgan fingerprint density at radius 1 is 0.647 bits per heavy atom. The van der Waals surface area contributed by atoms with E-state index in [0.717, 1.165) is 59.9 Å². The lowest BCUT2D eigenvalue weighted by molar-refractivity contribution is 0.355. The molecule has 0 bridgehead atoms. The van der Waals surface area contributed by atoms with Crippen LogP contribution in [0.4, 0.5) is 11.5 Å². The van der Waals surface area contributed by atoms with Gasteiger partial charge in [-0.25, -0.2) is 9.97 Å². The molecule has 0 radical (unpaired) electrons. The minimum atomic E-state index is 0.656. The lowest BCUT2D eigenvalue weighted by atomic mass is 10.1. The van der Waals surface area contributed by atoms with Crippen LogP contribution in [0.5, 0.6) is 17.2 Å². The summed E-state index contributed by atoms with van der Waals surface area (Å²) in [5.74, 6) is 3.86. The van der Waals surface area contributed by atoms with E-state index in [9.17, 15) is 0 Å². The smallest absolute Gasteiger partial charge is 0.162 e. The zero-order valence-electron chi connectivity index (χ0n) is 19.7. The topological polar surface area (TPSA) is 60.0 Å². The molecule has 0 amide bonds. The van der Waals surface area contributed by atoms with Gasteiger partial charge in [0, 0.05) is 37.1 Å². The average molecular weight is 457 g/mol. The van der Waals surface area contributed by atoms with Crippen molar-refractivity contribution in [2.75, 3.05) is 57.3 Å².